The van der Waals surface area contributed by atoms with Gasteiger partial charge in [-0.2, -0.15) is 0 Å². The summed E-state index contributed by atoms with van der Waals surface area (Å²) in [6, 6.07) is 11.0. The molecular weight excluding hydrogens is 356 g/mol. The minimum atomic E-state index is -0.434. The molecular formula is C21H28N4O3. The first-order chi connectivity index (χ1) is 13.5. The minimum Gasteiger partial charge on any atom is -0.355 e. The Labute approximate surface area is 165 Å². The first-order valence-electron chi connectivity index (χ1n) is 9.78. The quantitative estimate of drug-likeness (QED) is 0.766. The van der Waals surface area contributed by atoms with E-state index in [0.29, 0.717) is 12.3 Å². The third-order valence-corrected chi connectivity index (χ3v) is 5.14. The lowest BCUT2D eigenvalue weighted by Crippen LogP contribution is -2.54. The average molecular weight is 384 g/mol. The third-order valence-electron chi connectivity index (χ3n) is 5.14. The van der Waals surface area contributed by atoms with Crippen LogP contribution < -0.4 is 10.6 Å². The highest BCUT2D eigenvalue weighted by atomic mass is 16.5. The number of rotatable bonds is 7. The van der Waals surface area contributed by atoms with Crippen LogP contribution in [-0.2, 0) is 4.79 Å². The molecule has 0 bridgehead atoms. The number of likely N-dealkylation sites (tertiary alicyclic amines) is 1. The summed E-state index contributed by atoms with van der Waals surface area (Å²) in [5, 5.41) is 9.30. The van der Waals surface area contributed by atoms with Crippen molar-refractivity contribution in [1.82, 2.24) is 20.7 Å². The molecule has 1 aliphatic rings. The van der Waals surface area contributed by atoms with E-state index in [-0.39, 0.29) is 23.7 Å². The normalized spacial score (nSPS) is 15.2. The fourth-order valence-corrected chi connectivity index (χ4v) is 3.36. The molecule has 1 saturated heterocycles. The lowest BCUT2D eigenvalue weighted by molar-refractivity contribution is -0.120. The summed E-state index contributed by atoms with van der Waals surface area (Å²) >= 11 is 0. The Morgan fingerprint density at radius 3 is 2.54 bits per heavy atom. The van der Waals surface area contributed by atoms with Gasteiger partial charge in [-0.3, -0.25) is 14.5 Å². The van der Waals surface area contributed by atoms with Gasteiger partial charge < -0.3 is 15.2 Å². The number of amides is 2. The second-order valence-corrected chi connectivity index (χ2v) is 7.76. The lowest BCUT2D eigenvalue weighted by Gasteiger charge is -2.41. The maximum Gasteiger partial charge on any atom is 0.273 e. The number of hydrogen-bond donors (Lipinski definition) is 2. The van der Waals surface area contributed by atoms with Gasteiger partial charge in [-0.05, 0) is 39.8 Å². The van der Waals surface area contributed by atoms with Crippen molar-refractivity contribution in [3.8, 4) is 11.3 Å². The van der Waals surface area contributed by atoms with Gasteiger partial charge in [-0.15, -0.1) is 0 Å². The zero-order chi connectivity index (χ0) is 20.0. The lowest BCUT2D eigenvalue weighted by atomic mass is 9.98. The van der Waals surface area contributed by atoms with Crippen LogP contribution in [0.1, 0.15) is 43.6 Å². The van der Waals surface area contributed by atoms with Crippen molar-refractivity contribution < 1.29 is 14.1 Å². The van der Waals surface area contributed by atoms with Crippen LogP contribution in [0.15, 0.2) is 40.9 Å². The average Bonchev–Trinajstić information content (AvgIpc) is 3.22. The van der Waals surface area contributed by atoms with Gasteiger partial charge in [0, 0.05) is 23.7 Å². The predicted molar refractivity (Wildman–Crippen MR) is 107 cm³/mol. The van der Waals surface area contributed by atoms with Gasteiger partial charge in [0.25, 0.3) is 5.91 Å². The largest absolute Gasteiger partial charge is 0.355 e. The van der Waals surface area contributed by atoms with Crippen LogP contribution in [0.2, 0.25) is 0 Å². The summed E-state index contributed by atoms with van der Waals surface area (Å²) in [7, 11) is 0. The third kappa shape index (κ3) is 5.19. The van der Waals surface area contributed by atoms with E-state index < -0.39 is 5.91 Å². The Bertz CT molecular complexity index is 795. The molecule has 28 heavy (non-hydrogen) atoms. The van der Waals surface area contributed by atoms with E-state index in [1.165, 1.54) is 19.3 Å². The summed E-state index contributed by atoms with van der Waals surface area (Å²) in [6.07, 6.45) is 3.69. The zero-order valence-corrected chi connectivity index (χ0v) is 16.5. The van der Waals surface area contributed by atoms with Gasteiger partial charge in [0.05, 0.1) is 6.54 Å². The number of benzene rings is 1. The number of aromatic nitrogens is 1. The number of nitrogens with one attached hydrogen (secondary N) is 2. The van der Waals surface area contributed by atoms with Crippen LogP contribution in [0, 0.1) is 0 Å². The molecule has 0 radical (unpaired) electrons. The number of carbonyl (C=O) groups is 2. The van der Waals surface area contributed by atoms with Crippen molar-refractivity contribution in [3.05, 3.63) is 42.1 Å². The van der Waals surface area contributed by atoms with Crippen LogP contribution in [0.25, 0.3) is 11.3 Å². The Morgan fingerprint density at radius 1 is 1.11 bits per heavy atom. The van der Waals surface area contributed by atoms with Gasteiger partial charge in [0.15, 0.2) is 11.5 Å². The Balaban J connectivity index is 1.45. The molecule has 0 unspecified atom stereocenters. The van der Waals surface area contributed by atoms with Crippen molar-refractivity contribution >= 4 is 11.8 Å². The van der Waals surface area contributed by atoms with E-state index in [0.717, 1.165) is 18.7 Å². The van der Waals surface area contributed by atoms with E-state index >= 15 is 0 Å². The van der Waals surface area contributed by atoms with Gasteiger partial charge >= 0.3 is 0 Å². The summed E-state index contributed by atoms with van der Waals surface area (Å²) in [6.45, 7) is 6.85. The van der Waals surface area contributed by atoms with E-state index in [9.17, 15) is 9.59 Å². The molecule has 2 heterocycles. The van der Waals surface area contributed by atoms with Crippen LogP contribution in [0.5, 0.6) is 0 Å². The van der Waals surface area contributed by atoms with Crippen molar-refractivity contribution in [1.29, 1.82) is 0 Å². The van der Waals surface area contributed by atoms with Crippen LogP contribution in [-0.4, -0.2) is 53.6 Å². The SMILES string of the molecule is CC(C)(CNC(=O)CNC(=O)c1cc(-c2ccccc2)on1)N1CCCCC1. The molecule has 1 aromatic carbocycles. The van der Waals surface area contributed by atoms with Gasteiger partial charge in [0.2, 0.25) is 5.91 Å². The zero-order valence-electron chi connectivity index (χ0n) is 16.5. The molecule has 7 nitrogen and oxygen atoms in total. The molecule has 0 atom stereocenters. The van der Waals surface area contributed by atoms with Crippen molar-refractivity contribution in [2.24, 2.45) is 0 Å². The molecule has 150 valence electrons. The summed E-state index contributed by atoms with van der Waals surface area (Å²) < 4.78 is 5.22. The molecule has 1 fully saturated rings. The monoisotopic (exact) mass is 384 g/mol. The topological polar surface area (TPSA) is 87.5 Å². The van der Waals surface area contributed by atoms with Crippen LogP contribution in [0.3, 0.4) is 0 Å². The maximum atomic E-state index is 12.2. The minimum absolute atomic E-state index is 0.0948. The molecule has 0 spiro atoms. The second-order valence-electron chi connectivity index (χ2n) is 7.76. The van der Waals surface area contributed by atoms with E-state index in [4.69, 9.17) is 4.52 Å². The van der Waals surface area contributed by atoms with Gasteiger partial charge in [0.1, 0.15) is 0 Å². The van der Waals surface area contributed by atoms with Crippen molar-refractivity contribution in [3.63, 3.8) is 0 Å². The Hall–Kier alpha value is -2.67. The van der Waals surface area contributed by atoms with E-state index in [2.05, 4.69) is 34.5 Å². The first kappa shape index (κ1) is 20.1. The van der Waals surface area contributed by atoms with Crippen molar-refractivity contribution in [2.45, 2.75) is 38.6 Å². The molecule has 7 heteroatoms. The Morgan fingerprint density at radius 2 is 1.82 bits per heavy atom. The number of carbonyl (C=O) groups excluding carboxylic acids is 2. The van der Waals surface area contributed by atoms with Gasteiger partial charge in [-0.1, -0.05) is 41.9 Å². The number of nitrogens with zero attached hydrogens (tertiary/aromatic N) is 2. The van der Waals surface area contributed by atoms with Crippen LogP contribution >= 0.6 is 0 Å². The smallest absolute Gasteiger partial charge is 0.273 e. The van der Waals surface area contributed by atoms with Gasteiger partial charge in [-0.25, -0.2) is 0 Å². The highest BCUT2D eigenvalue weighted by molar-refractivity contribution is 5.95. The van der Waals surface area contributed by atoms with E-state index in [1.807, 2.05) is 30.3 Å². The maximum absolute atomic E-state index is 12.2. The summed E-state index contributed by atoms with van der Waals surface area (Å²) in [5.74, 6) is -0.139. The fourth-order valence-electron chi connectivity index (χ4n) is 3.36. The molecule has 2 amide bonds. The second kappa shape index (κ2) is 9.01. The van der Waals surface area contributed by atoms with Crippen molar-refractivity contribution in [2.75, 3.05) is 26.2 Å². The fraction of sp³-hybridized carbons (Fsp3) is 0.476. The molecule has 2 N–H and O–H groups in total. The van der Waals surface area contributed by atoms with E-state index in [1.54, 1.807) is 6.07 Å². The summed E-state index contributed by atoms with van der Waals surface area (Å²) in [5.41, 5.74) is 0.892. The number of piperidine rings is 1. The molecule has 2 aromatic rings. The molecule has 0 saturated carbocycles. The Kier molecular flexibility index (Phi) is 6.46. The molecule has 1 aliphatic heterocycles. The highest BCUT2D eigenvalue weighted by Crippen LogP contribution is 2.20. The summed E-state index contributed by atoms with van der Waals surface area (Å²) in [4.78, 5) is 26.8. The standard InChI is InChI=1S/C21H28N4O3/c1-21(2,25-11-7-4-8-12-25)15-23-19(26)14-22-20(27)17-13-18(28-24-17)16-9-5-3-6-10-16/h3,5-6,9-10,13H,4,7-8,11-12,14-15H2,1-2H3,(H,22,27)(H,23,26). The molecule has 1 aromatic heterocycles. The predicted octanol–water partition coefficient (Wildman–Crippen LogP) is 2.45. The first-order valence-corrected chi connectivity index (χ1v) is 9.78. The molecule has 3 rings (SSSR count). The van der Waals surface area contributed by atoms with Crippen LogP contribution in [0.4, 0.5) is 0 Å². The highest BCUT2D eigenvalue weighted by Gasteiger charge is 2.28. The number of hydrogen-bond acceptors (Lipinski definition) is 5. The molecule has 0 aliphatic carbocycles.